The van der Waals surface area contributed by atoms with E-state index in [0.29, 0.717) is 13.0 Å². The van der Waals surface area contributed by atoms with Crippen LogP contribution in [-0.4, -0.2) is 32.4 Å². The van der Waals surface area contributed by atoms with Crippen LogP contribution in [0.3, 0.4) is 0 Å². The number of hydrogen-bond acceptors (Lipinski definition) is 3. The molecule has 0 bridgehead atoms. The second-order valence-electron chi connectivity index (χ2n) is 5.71. The first-order valence-corrected chi connectivity index (χ1v) is 6.69. The standard InChI is InChI=1S/C14H25N3O2/c1-9(2)15-14(6,13(18)19)7-8-17-12(5)10(3)11(4)16-17/h9,15H,7-8H2,1-6H3,(H,18,19). The lowest BCUT2D eigenvalue weighted by atomic mass is 9.97. The highest BCUT2D eigenvalue weighted by Gasteiger charge is 2.33. The maximum atomic E-state index is 11.4. The fourth-order valence-corrected chi connectivity index (χ4v) is 2.21. The van der Waals surface area contributed by atoms with E-state index in [1.807, 2.05) is 39.3 Å². The minimum absolute atomic E-state index is 0.128. The number of carboxylic acid groups (broad SMARTS) is 1. The minimum atomic E-state index is -0.922. The third-order valence-electron chi connectivity index (χ3n) is 3.65. The van der Waals surface area contributed by atoms with Crippen LogP contribution in [0.5, 0.6) is 0 Å². The highest BCUT2D eigenvalue weighted by atomic mass is 16.4. The van der Waals surface area contributed by atoms with Crippen LogP contribution in [-0.2, 0) is 11.3 Å². The first-order chi connectivity index (χ1) is 8.67. The van der Waals surface area contributed by atoms with Gasteiger partial charge in [0.25, 0.3) is 0 Å². The summed E-state index contributed by atoms with van der Waals surface area (Å²) in [7, 11) is 0. The highest BCUT2D eigenvalue weighted by molar-refractivity contribution is 5.78. The van der Waals surface area contributed by atoms with E-state index in [4.69, 9.17) is 0 Å². The Labute approximate surface area is 115 Å². The van der Waals surface area contributed by atoms with Gasteiger partial charge in [-0.15, -0.1) is 0 Å². The molecule has 0 saturated carbocycles. The fourth-order valence-electron chi connectivity index (χ4n) is 2.21. The zero-order valence-corrected chi connectivity index (χ0v) is 12.7. The average Bonchev–Trinajstić information content (AvgIpc) is 2.53. The monoisotopic (exact) mass is 267 g/mol. The Morgan fingerprint density at radius 3 is 2.37 bits per heavy atom. The van der Waals surface area contributed by atoms with Crippen LogP contribution in [0.2, 0.25) is 0 Å². The van der Waals surface area contributed by atoms with Crippen molar-refractivity contribution in [3.63, 3.8) is 0 Å². The van der Waals surface area contributed by atoms with Gasteiger partial charge in [-0.25, -0.2) is 0 Å². The van der Waals surface area contributed by atoms with Gasteiger partial charge in [0, 0.05) is 18.3 Å². The van der Waals surface area contributed by atoms with Crippen molar-refractivity contribution in [2.75, 3.05) is 0 Å². The zero-order valence-electron chi connectivity index (χ0n) is 12.7. The summed E-state index contributed by atoms with van der Waals surface area (Å²) in [4.78, 5) is 11.4. The molecule has 1 unspecified atom stereocenters. The van der Waals surface area contributed by atoms with Crippen LogP contribution in [0.15, 0.2) is 0 Å². The molecular formula is C14H25N3O2. The number of nitrogens with one attached hydrogen (secondary N) is 1. The molecule has 0 fully saturated rings. The molecule has 0 aliphatic rings. The van der Waals surface area contributed by atoms with Gasteiger partial charge in [-0.3, -0.25) is 14.8 Å². The topological polar surface area (TPSA) is 67.2 Å². The minimum Gasteiger partial charge on any atom is -0.480 e. The molecule has 19 heavy (non-hydrogen) atoms. The Kier molecular flexibility index (Phi) is 4.74. The maximum absolute atomic E-state index is 11.4. The summed E-state index contributed by atoms with van der Waals surface area (Å²) in [6.45, 7) is 12.3. The summed E-state index contributed by atoms with van der Waals surface area (Å²) in [5.74, 6) is -0.820. The first-order valence-electron chi connectivity index (χ1n) is 6.69. The molecule has 1 rings (SSSR count). The molecule has 0 saturated heterocycles. The van der Waals surface area contributed by atoms with Crippen LogP contribution < -0.4 is 5.32 Å². The molecule has 1 aromatic rings. The average molecular weight is 267 g/mol. The number of aliphatic carboxylic acids is 1. The van der Waals surface area contributed by atoms with E-state index in [2.05, 4.69) is 10.4 Å². The molecule has 0 radical (unpaired) electrons. The second-order valence-corrected chi connectivity index (χ2v) is 5.71. The summed E-state index contributed by atoms with van der Waals surface area (Å²) < 4.78 is 1.90. The van der Waals surface area contributed by atoms with Gasteiger partial charge in [0.1, 0.15) is 5.54 Å². The normalized spacial score (nSPS) is 14.7. The Hall–Kier alpha value is -1.36. The van der Waals surface area contributed by atoms with E-state index in [1.165, 1.54) is 5.56 Å². The fraction of sp³-hybridized carbons (Fsp3) is 0.714. The van der Waals surface area contributed by atoms with Crippen LogP contribution in [0.4, 0.5) is 0 Å². The van der Waals surface area contributed by atoms with Gasteiger partial charge in [0.05, 0.1) is 5.69 Å². The van der Waals surface area contributed by atoms with Crippen LogP contribution in [0.1, 0.15) is 44.1 Å². The van der Waals surface area contributed by atoms with Gasteiger partial charge in [-0.1, -0.05) is 0 Å². The van der Waals surface area contributed by atoms with E-state index in [9.17, 15) is 9.90 Å². The highest BCUT2D eigenvalue weighted by Crippen LogP contribution is 2.16. The number of nitrogens with zero attached hydrogens (tertiary/aromatic N) is 2. The van der Waals surface area contributed by atoms with Gasteiger partial charge < -0.3 is 5.11 Å². The van der Waals surface area contributed by atoms with Gasteiger partial charge in [0.2, 0.25) is 0 Å². The Morgan fingerprint density at radius 2 is 2.00 bits per heavy atom. The van der Waals surface area contributed by atoms with E-state index < -0.39 is 11.5 Å². The van der Waals surface area contributed by atoms with Crippen molar-refractivity contribution in [2.45, 2.75) is 66.1 Å². The number of carbonyl (C=O) groups is 1. The van der Waals surface area contributed by atoms with Crippen LogP contribution >= 0.6 is 0 Å². The first kappa shape index (κ1) is 15.7. The molecular weight excluding hydrogens is 242 g/mol. The molecule has 0 aromatic carbocycles. The molecule has 0 spiro atoms. The van der Waals surface area contributed by atoms with Gasteiger partial charge in [-0.05, 0) is 53.5 Å². The van der Waals surface area contributed by atoms with Crippen molar-refractivity contribution < 1.29 is 9.90 Å². The molecule has 1 heterocycles. The smallest absolute Gasteiger partial charge is 0.323 e. The van der Waals surface area contributed by atoms with Crippen molar-refractivity contribution in [3.05, 3.63) is 17.0 Å². The summed E-state index contributed by atoms with van der Waals surface area (Å²) >= 11 is 0. The van der Waals surface area contributed by atoms with E-state index in [1.54, 1.807) is 6.92 Å². The van der Waals surface area contributed by atoms with Crippen LogP contribution in [0, 0.1) is 20.8 Å². The number of rotatable bonds is 6. The van der Waals surface area contributed by atoms with Crippen LogP contribution in [0.25, 0.3) is 0 Å². The Morgan fingerprint density at radius 1 is 1.42 bits per heavy atom. The van der Waals surface area contributed by atoms with Crippen molar-refractivity contribution in [1.29, 1.82) is 0 Å². The molecule has 108 valence electrons. The summed E-state index contributed by atoms with van der Waals surface area (Å²) in [6.07, 6.45) is 0.502. The Bertz CT molecular complexity index is 466. The van der Waals surface area contributed by atoms with Crippen molar-refractivity contribution in [2.24, 2.45) is 0 Å². The molecule has 5 nitrogen and oxygen atoms in total. The second kappa shape index (κ2) is 5.74. The van der Waals surface area contributed by atoms with E-state index in [-0.39, 0.29) is 6.04 Å². The Balaban J connectivity index is 2.82. The summed E-state index contributed by atoms with van der Waals surface area (Å²) in [6, 6.07) is 0.128. The molecule has 0 amide bonds. The van der Waals surface area contributed by atoms with Gasteiger partial charge >= 0.3 is 5.97 Å². The number of aromatic nitrogens is 2. The lowest BCUT2D eigenvalue weighted by molar-refractivity contribution is -0.144. The molecule has 5 heteroatoms. The van der Waals surface area contributed by atoms with Gasteiger partial charge in [0.15, 0.2) is 0 Å². The van der Waals surface area contributed by atoms with Crippen molar-refractivity contribution >= 4 is 5.97 Å². The predicted molar refractivity (Wildman–Crippen MR) is 75.4 cm³/mol. The zero-order chi connectivity index (χ0) is 14.8. The SMILES string of the molecule is Cc1nn(CCC(C)(NC(C)C)C(=O)O)c(C)c1C. The van der Waals surface area contributed by atoms with E-state index >= 15 is 0 Å². The van der Waals surface area contributed by atoms with Gasteiger partial charge in [-0.2, -0.15) is 5.10 Å². The number of hydrogen-bond donors (Lipinski definition) is 2. The maximum Gasteiger partial charge on any atom is 0.323 e. The van der Waals surface area contributed by atoms with Crippen molar-refractivity contribution in [1.82, 2.24) is 15.1 Å². The molecule has 0 aliphatic heterocycles. The third kappa shape index (κ3) is 3.56. The largest absolute Gasteiger partial charge is 0.480 e. The summed E-state index contributed by atoms with van der Waals surface area (Å²) in [5.41, 5.74) is 2.36. The molecule has 0 aliphatic carbocycles. The third-order valence-corrected chi connectivity index (χ3v) is 3.65. The van der Waals surface area contributed by atoms with E-state index in [0.717, 1.165) is 11.4 Å². The molecule has 1 aromatic heterocycles. The number of aryl methyl sites for hydroxylation is 2. The quantitative estimate of drug-likeness (QED) is 0.827. The lowest BCUT2D eigenvalue weighted by Crippen LogP contribution is -2.52. The number of carboxylic acids is 1. The molecule has 1 atom stereocenters. The van der Waals surface area contributed by atoms with Crippen molar-refractivity contribution in [3.8, 4) is 0 Å². The lowest BCUT2D eigenvalue weighted by Gasteiger charge is -2.28. The molecule has 2 N–H and O–H groups in total. The summed E-state index contributed by atoms with van der Waals surface area (Å²) in [5, 5.41) is 17.0. The predicted octanol–water partition coefficient (Wildman–Crippen LogP) is 2.04.